The number of para-hydroxylation sites is 1. The first-order valence-electron chi connectivity index (χ1n) is 8.62. The highest BCUT2D eigenvalue weighted by molar-refractivity contribution is 5.20. The highest BCUT2D eigenvalue weighted by Gasteiger charge is 2.37. The summed E-state index contributed by atoms with van der Waals surface area (Å²) in [6.45, 7) is 7.04. The molecule has 1 aliphatic rings. The molecule has 2 heterocycles. The van der Waals surface area contributed by atoms with Crippen molar-refractivity contribution in [2.24, 2.45) is 0 Å². The van der Waals surface area contributed by atoms with Crippen LogP contribution in [-0.4, -0.2) is 51.2 Å². The fourth-order valence-electron chi connectivity index (χ4n) is 3.07. The van der Waals surface area contributed by atoms with Crippen molar-refractivity contribution < 1.29 is 9.84 Å². The van der Waals surface area contributed by atoms with Crippen LogP contribution < -0.4 is 4.74 Å². The van der Waals surface area contributed by atoms with Crippen LogP contribution in [0, 0.1) is 0 Å². The van der Waals surface area contributed by atoms with Gasteiger partial charge in [0.1, 0.15) is 23.7 Å². The first-order chi connectivity index (χ1) is 11.6. The average molecular weight is 330 g/mol. The first kappa shape index (κ1) is 16.9. The lowest BCUT2D eigenvalue weighted by atomic mass is 9.90. The predicted molar refractivity (Wildman–Crippen MR) is 91.9 cm³/mol. The molecular weight excluding hydrogens is 304 g/mol. The summed E-state index contributed by atoms with van der Waals surface area (Å²) >= 11 is 0. The van der Waals surface area contributed by atoms with E-state index in [1.54, 1.807) is 4.68 Å². The van der Waals surface area contributed by atoms with Gasteiger partial charge in [-0.2, -0.15) is 0 Å². The molecular formula is C18H26N4O2. The van der Waals surface area contributed by atoms with Crippen LogP contribution in [-0.2, 0) is 5.60 Å². The summed E-state index contributed by atoms with van der Waals surface area (Å²) in [5, 5.41) is 19.4. The summed E-state index contributed by atoms with van der Waals surface area (Å²) in [5.41, 5.74) is -0.247. The molecule has 0 unspecified atom stereocenters. The second-order valence-electron chi connectivity index (χ2n) is 6.75. The zero-order chi connectivity index (χ0) is 17.0. The van der Waals surface area contributed by atoms with Crippen LogP contribution in [0.15, 0.2) is 36.5 Å². The molecule has 6 heteroatoms. The molecule has 0 spiro atoms. The molecule has 130 valence electrons. The Balaban J connectivity index is 1.56. The van der Waals surface area contributed by atoms with Gasteiger partial charge in [-0.05, 0) is 45.4 Å². The van der Waals surface area contributed by atoms with E-state index < -0.39 is 5.60 Å². The average Bonchev–Trinajstić information content (AvgIpc) is 3.07. The topological polar surface area (TPSA) is 63.4 Å². The van der Waals surface area contributed by atoms with Crippen LogP contribution in [0.5, 0.6) is 5.75 Å². The Labute approximate surface area is 143 Å². The highest BCUT2D eigenvalue weighted by Crippen LogP contribution is 2.30. The van der Waals surface area contributed by atoms with E-state index in [9.17, 15) is 5.11 Å². The van der Waals surface area contributed by atoms with Gasteiger partial charge in [-0.25, -0.2) is 4.68 Å². The molecule has 0 aliphatic carbocycles. The van der Waals surface area contributed by atoms with Crippen molar-refractivity contribution in [2.45, 2.75) is 38.3 Å². The Hall–Kier alpha value is -1.92. The molecule has 0 radical (unpaired) electrons. The molecule has 1 N–H and O–H groups in total. The van der Waals surface area contributed by atoms with Crippen LogP contribution in [0.3, 0.4) is 0 Å². The molecule has 1 atom stereocenters. The lowest BCUT2D eigenvalue weighted by Crippen LogP contribution is -2.47. The van der Waals surface area contributed by atoms with Crippen molar-refractivity contribution in [3.63, 3.8) is 0 Å². The van der Waals surface area contributed by atoms with E-state index in [-0.39, 0.29) is 6.04 Å². The molecule has 1 fully saturated rings. The monoisotopic (exact) mass is 330 g/mol. The number of nitrogens with zero attached hydrogens (tertiary/aromatic N) is 4. The molecule has 0 bridgehead atoms. The van der Waals surface area contributed by atoms with Gasteiger partial charge in [-0.15, -0.1) is 5.10 Å². The van der Waals surface area contributed by atoms with Crippen LogP contribution in [0.25, 0.3) is 0 Å². The van der Waals surface area contributed by atoms with Gasteiger partial charge < -0.3 is 9.84 Å². The van der Waals surface area contributed by atoms with E-state index in [0.29, 0.717) is 18.8 Å². The Morgan fingerprint density at radius 3 is 2.79 bits per heavy atom. The van der Waals surface area contributed by atoms with Crippen LogP contribution >= 0.6 is 0 Å². The molecule has 24 heavy (non-hydrogen) atoms. The predicted octanol–water partition coefficient (Wildman–Crippen LogP) is 2.22. The number of aromatic nitrogens is 3. The number of benzene rings is 1. The molecule has 1 saturated heterocycles. The van der Waals surface area contributed by atoms with Crippen molar-refractivity contribution in [3.05, 3.63) is 42.2 Å². The molecule has 1 aliphatic heterocycles. The number of β-amino-alcohol motifs (C(OH)–C–C–N with tert-alkyl or cyclic N) is 1. The number of rotatable bonds is 6. The quantitative estimate of drug-likeness (QED) is 0.880. The van der Waals surface area contributed by atoms with E-state index >= 15 is 0 Å². The number of ether oxygens (including phenoxy) is 1. The summed E-state index contributed by atoms with van der Waals surface area (Å²) in [5.74, 6) is 0.879. The zero-order valence-corrected chi connectivity index (χ0v) is 14.4. The van der Waals surface area contributed by atoms with E-state index in [2.05, 4.69) is 29.1 Å². The van der Waals surface area contributed by atoms with Crippen LogP contribution in [0.1, 0.15) is 38.4 Å². The third-order valence-electron chi connectivity index (χ3n) is 4.49. The second-order valence-corrected chi connectivity index (χ2v) is 6.75. The summed E-state index contributed by atoms with van der Waals surface area (Å²) in [6.07, 6.45) is 3.53. The molecule has 1 aromatic heterocycles. The van der Waals surface area contributed by atoms with Gasteiger partial charge in [-0.1, -0.05) is 23.4 Å². The maximum atomic E-state index is 11.0. The van der Waals surface area contributed by atoms with E-state index in [4.69, 9.17) is 4.74 Å². The van der Waals surface area contributed by atoms with Gasteiger partial charge in [0.15, 0.2) is 0 Å². The maximum absolute atomic E-state index is 11.0. The number of aliphatic hydroxyl groups is 1. The summed E-state index contributed by atoms with van der Waals surface area (Å²) in [4.78, 5) is 2.24. The Morgan fingerprint density at radius 2 is 2.08 bits per heavy atom. The first-order valence-corrected chi connectivity index (χ1v) is 8.62. The van der Waals surface area contributed by atoms with Crippen molar-refractivity contribution in [1.82, 2.24) is 19.9 Å². The second kappa shape index (κ2) is 7.32. The maximum Gasteiger partial charge on any atom is 0.123 e. The number of hydrogen-bond donors (Lipinski definition) is 1. The summed E-state index contributed by atoms with van der Waals surface area (Å²) in [7, 11) is 0. The third kappa shape index (κ3) is 3.94. The van der Waals surface area contributed by atoms with Gasteiger partial charge >= 0.3 is 0 Å². The van der Waals surface area contributed by atoms with E-state index in [1.165, 1.54) is 0 Å². The standard InChI is InChI=1S/C18H26N4O2/c1-15(2)22-13-17(19-20-22)18(23)9-6-10-21(14-18)11-12-24-16-7-4-3-5-8-16/h3-5,7-8,13,15,23H,6,9-12,14H2,1-2H3/t18-/m1/s1. The Morgan fingerprint density at radius 1 is 1.29 bits per heavy atom. The van der Waals surface area contributed by atoms with Crippen molar-refractivity contribution in [2.75, 3.05) is 26.2 Å². The third-order valence-corrected chi connectivity index (χ3v) is 4.49. The molecule has 6 nitrogen and oxygen atoms in total. The molecule has 1 aromatic carbocycles. The normalized spacial score (nSPS) is 22.0. The summed E-state index contributed by atoms with van der Waals surface area (Å²) < 4.78 is 7.56. The smallest absolute Gasteiger partial charge is 0.123 e. The van der Waals surface area contributed by atoms with Gasteiger partial charge in [-0.3, -0.25) is 4.90 Å². The van der Waals surface area contributed by atoms with Crippen LogP contribution in [0.4, 0.5) is 0 Å². The largest absolute Gasteiger partial charge is 0.492 e. The molecule has 0 saturated carbocycles. The Bertz CT molecular complexity index is 643. The lowest BCUT2D eigenvalue weighted by molar-refractivity contribution is -0.0413. The summed E-state index contributed by atoms with van der Waals surface area (Å²) in [6, 6.07) is 10.1. The van der Waals surface area contributed by atoms with Gasteiger partial charge in [0.2, 0.25) is 0 Å². The van der Waals surface area contributed by atoms with Crippen molar-refractivity contribution in [3.8, 4) is 5.75 Å². The lowest BCUT2D eigenvalue weighted by Gasteiger charge is -2.37. The fraction of sp³-hybridized carbons (Fsp3) is 0.556. The molecule has 0 amide bonds. The van der Waals surface area contributed by atoms with Crippen molar-refractivity contribution in [1.29, 1.82) is 0 Å². The minimum Gasteiger partial charge on any atom is -0.492 e. The van der Waals surface area contributed by atoms with Gasteiger partial charge in [0, 0.05) is 19.1 Å². The minimum atomic E-state index is -0.919. The Kier molecular flexibility index (Phi) is 5.16. The minimum absolute atomic E-state index is 0.244. The molecule has 3 rings (SSSR count). The van der Waals surface area contributed by atoms with E-state index in [1.807, 2.05) is 36.5 Å². The highest BCUT2D eigenvalue weighted by atomic mass is 16.5. The van der Waals surface area contributed by atoms with Gasteiger partial charge in [0.05, 0.1) is 6.20 Å². The fourth-order valence-corrected chi connectivity index (χ4v) is 3.07. The number of piperidine rings is 1. The SMILES string of the molecule is CC(C)n1cc([C@@]2(O)CCCN(CCOc3ccccc3)C2)nn1. The number of likely N-dealkylation sites (tertiary alicyclic amines) is 1. The molecule has 2 aromatic rings. The van der Waals surface area contributed by atoms with Crippen LogP contribution in [0.2, 0.25) is 0 Å². The number of hydrogen-bond acceptors (Lipinski definition) is 5. The van der Waals surface area contributed by atoms with Gasteiger partial charge in [0.25, 0.3) is 0 Å². The zero-order valence-electron chi connectivity index (χ0n) is 14.4. The van der Waals surface area contributed by atoms with E-state index in [0.717, 1.165) is 31.7 Å². The van der Waals surface area contributed by atoms with Crippen molar-refractivity contribution >= 4 is 0 Å².